The monoisotopic (exact) mass is 354 g/mol. The highest BCUT2D eigenvalue weighted by molar-refractivity contribution is 9.10. The highest BCUT2D eigenvalue weighted by Crippen LogP contribution is 2.32. The Hall–Kier alpha value is -1.73. The van der Waals surface area contributed by atoms with E-state index in [1.165, 1.54) is 11.3 Å². The van der Waals surface area contributed by atoms with E-state index >= 15 is 0 Å². The van der Waals surface area contributed by atoms with Crippen LogP contribution in [0.3, 0.4) is 0 Å². The van der Waals surface area contributed by atoms with Crippen molar-refractivity contribution in [2.24, 2.45) is 0 Å². The molecule has 0 bridgehead atoms. The minimum atomic E-state index is -1.05. The molecule has 0 saturated carbocycles. The highest BCUT2D eigenvalue weighted by Gasteiger charge is 2.21. The third kappa shape index (κ3) is 2.73. The van der Waals surface area contributed by atoms with E-state index < -0.39 is 11.9 Å². The fourth-order valence-corrected chi connectivity index (χ4v) is 3.18. The Labute approximate surface area is 127 Å². The van der Waals surface area contributed by atoms with Crippen LogP contribution in [0, 0.1) is 13.8 Å². The number of carboxylic acids is 1. The van der Waals surface area contributed by atoms with E-state index in [2.05, 4.69) is 26.2 Å². The van der Waals surface area contributed by atoms with Gasteiger partial charge >= 0.3 is 5.97 Å². The van der Waals surface area contributed by atoms with Crippen LogP contribution in [0.25, 0.3) is 0 Å². The first-order valence-corrected chi connectivity index (χ1v) is 7.28. The van der Waals surface area contributed by atoms with Gasteiger partial charge in [0.05, 0.1) is 11.1 Å². The van der Waals surface area contributed by atoms with Crippen molar-refractivity contribution in [3.8, 4) is 0 Å². The van der Waals surface area contributed by atoms with E-state index in [0.29, 0.717) is 20.7 Å². The Kier molecular flexibility index (Phi) is 4.20. The number of nitrogens with one attached hydrogen (secondary N) is 1. The Bertz CT molecular complexity index is 697. The molecule has 0 aliphatic carbocycles. The molecular weight excluding hydrogens is 344 g/mol. The molecule has 2 aromatic heterocycles. The van der Waals surface area contributed by atoms with Gasteiger partial charge in [0, 0.05) is 11.1 Å². The van der Waals surface area contributed by atoms with E-state index in [1.54, 1.807) is 25.3 Å². The second-order valence-electron chi connectivity index (χ2n) is 4.09. The smallest absolute Gasteiger partial charge is 0.338 e. The molecule has 0 unspecified atom stereocenters. The van der Waals surface area contributed by atoms with Crippen LogP contribution in [0.15, 0.2) is 22.9 Å². The van der Waals surface area contributed by atoms with Crippen molar-refractivity contribution < 1.29 is 14.7 Å². The molecule has 0 saturated heterocycles. The number of aromatic nitrogens is 1. The van der Waals surface area contributed by atoms with Crippen LogP contribution < -0.4 is 5.32 Å². The largest absolute Gasteiger partial charge is 0.478 e. The summed E-state index contributed by atoms with van der Waals surface area (Å²) in [6, 6.07) is 3.25. The van der Waals surface area contributed by atoms with Gasteiger partial charge in [-0.3, -0.25) is 4.79 Å². The Morgan fingerprint density at radius 2 is 2.10 bits per heavy atom. The lowest BCUT2D eigenvalue weighted by Crippen LogP contribution is -2.14. The lowest BCUT2D eigenvalue weighted by atomic mass is 10.1. The molecule has 104 valence electrons. The van der Waals surface area contributed by atoms with Gasteiger partial charge < -0.3 is 10.4 Å². The molecule has 2 N–H and O–H groups in total. The molecule has 0 fully saturated rings. The minimum absolute atomic E-state index is 0.140. The number of hydrogen-bond acceptors (Lipinski definition) is 4. The molecule has 0 radical (unpaired) electrons. The summed E-state index contributed by atoms with van der Waals surface area (Å²) in [6.45, 7) is 3.55. The first kappa shape index (κ1) is 14.7. The number of amides is 1. The van der Waals surface area contributed by atoms with Gasteiger partial charge in [-0.25, -0.2) is 9.78 Å². The van der Waals surface area contributed by atoms with Crippen LogP contribution in [-0.2, 0) is 0 Å². The fourth-order valence-electron chi connectivity index (χ4n) is 1.70. The summed E-state index contributed by atoms with van der Waals surface area (Å²) in [7, 11) is 0. The average molecular weight is 355 g/mol. The zero-order valence-corrected chi connectivity index (χ0v) is 13.1. The van der Waals surface area contributed by atoms with Gasteiger partial charge in [-0.15, -0.1) is 11.3 Å². The molecule has 2 aromatic rings. The molecule has 20 heavy (non-hydrogen) atoms. The van der Waals surface area contributed by atoms with Gasteiger partial charge in [-0.2, -0.15) is 0 Å². The van der Waals surface area contributed by atoms with Crippen molar-refractivity contribution in [2.45, 2.75) is 13.8 Å². The second kappa shape index (κ2) is 5.72. The lowest BCUT2D eigenvalue weighted by Gasteiger charge is -2.05. The van der Waals surface area contributed by atoms with Crippen LogP contribution in [0.2, 0.25) is 0 Å². The summed E-state index contributed by atoms with van der Waals surface area (Å²) >= 11 is 4.44. The highest BCUT2D eigenvalue weighted by atomic mass is 79.9. The Balaban J connectivity index is 2.36. The molecule has 5 nitrogen and oxygen atoms in total. The topological polar surface area (TPSA) is 79.3 Å². The molecule has 0 aliphatic heterocycles. The van der Waals surface area contributed by atoms with Gasteiger partial charge in [0.2, 0.25) is 0 Å². The van der Waals surface area contributed by atoms with E-state index in [0.717, 1.165) is 4.88 Å². The first-order chi connectivity index (χ1) is 9.41. The number of hydrogen-bond donors (Lipinski definition) is 2. The van der Waals surface area contributed by atoms with Crippen molar-refractivity contribution in [3.63, 3.8) is 0 Å². The quantitative estimate of drug-likeness (QED) is 0.827. The van der Waals surface area contributed by atoms with Crippen LogP contribution in [0.1, 0.15) is 31.2 Å². The van der Waals surface area contributed by atoms with E-state index in [9.17, 15) is 14.7 Å². The molecular formula is C13H11BrN2O3S. The summed E-state index contributed by atoms with van der Waals surface area (Å²) in [4.78, 5) is 28.3. The lowest BCUT2D eigenvalue weighted by molar-refractivity contribution is 0.0697. The van der Waals surface area contributed by atoms with Crippen molar-refractivity contribution in [2.75, 3.05) is 5.32 Å². The molecule has 1 amide bonds. The minimum Gasteiger partial charge on any atom is -0.478 e. The maximum Gasteiger partial charge on any atom is 0.338 e. The first-order valence-electron chi connectivity index (χ1n) is 5.67. The number of anilines is 1. The summed E-state index contributed by atoms with van der Waals surface area (Å²) in [5.41, 5.74) is 1.16. The number of aromatic carboxylic acids is 1. The van der Waals surface area contributed by atoms with Gasteiger partial charge in [-0.05, 0) is 47.5 Å². The Morgan fingerprint density at radius 1 is 1.40 bits per heavy atom. The zero-order valence-electron chi connectivity index (χ0n) is 10.7. The van der Waals surface area contributed by atoms with E-state index in [-0.39, 0.29) is 5.56 Å². The normalized spacial score (nSPS) is 10.3. The number of pyridine rings is 1. The van der Waals surface area contributed by atoms with Crippen molar-refractivity contribution in [1.82, 2.24) is 4.98 Å². The number of carbonyl (C=O) groups is 2. The van der Waals surface area contributed by atoms with Crippen molar-refractivity contribution in [1.29, 1.82) is 0 Å². The zero-order chi connectivity index (χ0) is 14.9. The number of rotatable bonds is 3. The molecule has 0 spiro atoms. The molecule has 0 atom stereocenters. The Morgan fingerprint density at radius 3 is 2.70 bits per heavy atom. The SMILES string of the molecule is Cc1sc(NC(=O)c2cccnc2Br)c(C(=O)O)c1C. The van der Waals surface area contributed by atoms with Gasteiger partial charge in [0.15, 0.2) is 0 Å². The van der Waals surface area contributed by atoms with Crippen LogP contribution >= 0.6 is 27.3 Å². The van der Waals surface area contributed by atoms with E-state index in [4.69, 9.17) is 0 Å². The molecule has 0 aromatic carbocycles. The molecule has 2 rings (SSSR count). The van der Waals surface area contributed by atoms with Crippen LogP contribution in [-0.4, -0.2) is 22.0 Å². The maximum absolute atomic E-state index is 12.2. The summed E-state index contributed by atoms with van der Waals surface area (Å²) < 4.78 is 0.416. The molecule has 7 heteroatoms. The third-order valence-electron chi connectivity index (χ3n) is 2.83. The molecule has 2 heterocycles. The van der Waals surface area contributed by atoms with Crippen molar-refractivity contribution in [3.05, 3.63) is 44.5 Å². The number of carbonyl (C=O) groups excluding carboxylic acids is 1. The summed E-state index contributed by atoms with van der Waals surface area (Å²) in [6.07, 6.45) is 1.56. The number of thiophene rings is 1. The summed E-state index contributed by atoms with van der Waals surface area (Å²) in [5.74, 6) is -1.44. The number of halogens is 1. The summed E-state index contributed by atoms with van der Waals surface area (Å²) in [5, 5.41) is 12.2. The van der Waals surface area contributed by atoms with Crippen molar-refractivity contribution >= 4 is 44.1 Å². The predicted molar refractivity (Wildman–Crippen MR) is 80.6 cm³/mol. The predicted octanol–water partition coefficient (Wildman–Crippen LogP) is 3.47. The van der Waals surface area contributed by atoms with Gasteiger partial charge in [0.25, 0.3) is 5.91 Å². The second-order valence-corrected chi connectivity index (χ2v) is 6.06. The third-order valence-corrected chi connectivity index (χ3v) is 4.58. The van der Waals surface area contributed by atoms with E-state index in [1.807, 2.05) is 6.92 Å². The number of nitrogens with zero attached hydrogens (tertiary/aromatic N) is 1. The van der Waals surface area contributed by atoms with Crippen LogP contribution in [0.5, 0.6) is 0 Å². The number of carboxylic acid groups (broad SMARTS) is 1. The molecule has 0 aliphatic rings. The maximum atomic E-state index is 12.2. The average Bonchev–Trinajstić information content (AvgIpc) is 2.65. The fraction of sp³-hybridized carbons (Fsp3) is 0.154. The van der Waals surface area contributed by atoms with Gasteiger partial charge in [-0.1, -0.05) is 0 Å². The number of aryl methyl sites for hydroxylation is 1. The van der Waals surface area contributed by atoms with Crippen LogP contribution in [0.4, 0.5) is 5.00 Å². The van der Waals surface area contributed by atoms with Gasteiger partial charge in [0.1, 0.15) is 9.60 Å². The standard InChI is InChI=1S/C13H11BrN2O3S/c1-6-7(2)20-12(9(6)13(18)19)16-11(17)8-4-3-5-15-10(8)14/h3-5H,1-2H3,(H,16,17)(H,18,19).